The number of sulfone groups is 1. The van der Waals surface area contributed by atoms with Gasteiger partial charge >= 0.3 is 6.18 Å². The molecule has 0 bridgehead atoms. The Morgan fingerprint density at radius 3 is 2.38 bits per heavy atom. The number of methoxy groups -OCH3 is 2. The van der Waals surface area contributed by atoms with Gasteiger partial charge in [-0.25, -0.2) is 23.4 Å². The van der Waals surface area contributed by atoms with Crippen LogP contribution in [0.2, 0.25) is 0 Å². The van der Waals surface area contributed by atoms with Crippen LogP contribution in [0.3, 0.4) is 0 Å². The summed E-state index contributed by atoms with van der Waals surface area (Å²) in [5.41, 5.74) is -1.51. The van der Waals surface area contributed by atoms with Gasteiger partial charge in [0.25, 0.3) is 5.91 Å². The molecule has 1 saturated heterocycles. The van der Waals surface area contributed by atoms with Gasteiger partial charge in [0.1, 0.15) is 17.8 Å². The van der Waals surface area contributed by atoms with Crippen LogP contribution < -0.4 is 19.5 Å². The third-order valence-corrected chi connectivity index (χ3v) is 8.82. The predicted octanol–water partition coefficient (Wildman–Crippen LogP) is 3.68. The molecular weight excluding hydrogens is 537 g/mol. The molecule has 37 heavy (non-hydrogen) atoms. The molecule has 0 atom stereocenters. The van der Waals surface area contributed by atoms with Crippen molar-refractivity contribution in [3.8, 4) is 28.0 Å². The number of nitrogens with zero attached hydrogens (tertiary/aromatic N) is 3. The molecule has 2 aliphatic heterocycles. The number of thiazole rings is 1. The number of fused-ring (bicyclic) bond motifs is 4. The fourth-order valence-electron chi connectivity index (χ4n) is 4.32. The Hall–Kier alpha value is -3.46. The number of hydrogen-bond donors (Lipinski definition) is 1. The van der Waals surface area contributed by atoms with E-state index in [4.69, 9.17) is 14.2 Å². The minimum atomic E-state index is -4.59. The molecule has 0 radical (unpaired) electrons. The summed E-state index contributed by atoms with van der Waals surface area (Å²) in [6.07, 6.45) is -3.42. The molecule has 0 unspecified atom stereocenters. The van der Waals surface area contributed by atoms with E-state index in [1.807, 2.05) is 0 Å². The molecule has 15 heteroatoms. The van der Waals surface area contributed by atoms with Crippen LogP contribution in [0, 0.1) is 0 Å². The average Bonchev–Trinajstić information content (AvgIpc) is 3.29. The highest BCUT2D eigenvalue weighted by atomic mass is 32.2. The Kier molecular flexibility index (Phi) is 6.02. The van der Waals surface area contributed by atoms with Crippen LogP contribution in [0.5, 0.6) is 17.5 Å². The van der Waals surface area contributed by atoms with Crippen LogP contribution in [-0.2, 0) is 21.6 Å². The normalized spacial score (nSPS) is 17.3. The zero-order chi connectivity index (χ0) is 26.6. The SMILES string of the molecule is COc1ncnc(OC)c1C(=O)Nc1nc2c(s1)-c1ccc(C(F)(F)F)cc1OC21CCS(=O)(=O)CC1. The van der Waals surface area contributed by atoms with Crippen molar-refractivity contribution in [2.45, 2.75) is 24.6 Å². The first-order chi connectivity index (χ1) is 17.5. The Balaban J connectivity index is 1.58. The lowest BCUT2D eigenvalue weighted by Crippen LogP contribution is -2.43. The minimum Gasteiger partial charge on any atom is -0.480 e. The highest BCUT2D eigenvalue weighted by molar-refractivity contribution is 7.91. The highest BCUT2D eigenvalue weighted by Gasteiger charge is 2.48. The molecule has 10 nitrogen and oxygen atoms in total. The van der Waals surface area contributed by atoms with E-state index in [0.717, 1.165) is 23.5 Å². The standard InChI is InChI=1S/C22H19F3N4O6S2/c1-33-18-14(19(34-2)27-10-26-18)17(30)29-20-28-16-15(36-20)12-4-3-11(22(23,24)25)9-13(12)35-21(16)5-7-37(31,32)8-6-21/h3-4,9-10H,5-8H2,1-2H3,(H,28,29,30). The molecule has 0 saturated carbocycles. The maximum Gasteiger partial charge on any atom is 0.416 e. The Morgan fingerprint density at radius 1 is 1.14 bits per heavy atom. The fraction of sp³-hybridized carbons (Fsp3) is 0.364. The summed E-state index contributed by atoms with van der Waals surface area (Å²) < 4.78 is 80.9. The molecular formula is C22H19F3N4O6S2. The van der Waals surface area contributed by atoms with E-state index in [2.05, 4.69) is 20.3 Å². The molecule has 0 aliphatic carbocycles. The first kappa shape index (κ1) is 25.2. The molecule has 3 aromatic rings. The Bertz CT molecular complexity index is 1470. The van der Waals surface area contributed by atoms with Gasteiger partial charge in [-0.05, 0) is 18.2 Å². The zero-order valence-corrected chi connectivity index (χ0v) is 21.0. The summed E-state index contributed by atoms with van der Waals surface area (Å²) in [5, 5.41) is 2.76. The summed E-state index contributed by atoms with van der Waals surface area (Å²) in [7, 11) is -0.680. The number of carbonyl (C=O) groups excluding carboxylic acids is 1. The van der Waals surface area contributed by atoms with Gasteiger partial charge in [-0.15, -0.1) is 0 Å². The van der Waals surface area contributed by atoms with Gasteiger partial charge in [0.2, 0.25) is 11.8 Å². The van der Waals surface area contributed by atoms with Crippen LogP contribution >= 0.6 is 11.3 Å². The van der Waals surface area contributed by atoms with Crippen molar-refractivity contribution < 1.29 is 40.6 Å². The van der Waals surface area contributed by atoms with Gasteiger partial charge in [-0.2, -0.15) is 13.2 Å². The Labute approximate surface area is 212 Å². The number of alkyl halides is 3. The first-order valence-corrected chi connectivity index (χ1v) is 13.5. The minimum absolute atomic E-state index is 0.00328. The summed E-state index contributed by atoms with van der Waals surface area (Å²) in [4.78, 5) is 26.0. The summed E-state index contributed by atoms with van der Waals surface area (Å²) in [6, 6.07) is 3.12. The predicted molar refractivity (Wildman–Crippen MR) is 126 cm³/mol. The smallest absolute Gasteiger partial charge is 0.416 e. The molecule has 5 rings (SSSR count). The number of rotatable bonds is 4. The van der Waals surface area contributed by atoms with Gasteiger partial charge < -0.3 is 14.2 Å². The molecule has 1 fully saturated rings. The van der Waals surface area contributed by atoms with Gasteiger partial charge in [-0.1, -0.05) is 11.3 Å². The number of hydrogen-bond acceptors (Lipinski definition) is 10. The maximum absolute atomic E-state index is 13.4. The lowest BCUT2D eigenvalue weighted by Gasteiger charge is -2.40. The monoisotopic (exact) mass is 556 g/mol. The number of aromatic nitrogens is 3. The van der Waals surface area contributed by atoms with E-state index in [9.17, 15) is 26.4 Å². The quantitative estimate of drug-likeness (QED) is 0.511. The van der Waals surface area contributed by atoms with Gasteiger partial charge in [0, 0.05) is 18.4 Å². The van der Waals surface area contributed by atoms with Crippen molar-refractivity contribution >= 4 is 32.2 Å². The Morgan fingerprint density at radius 2 is 1.78 bits per heavy atom. The number of halogens is 3. The maximum atomic E-state index is 13.4. The van der Waals surface area contributed by atoms with Gasteiger partial charge in [0.15, 0.2) is 26.1 Å². The second kappa shape index (κ2) is 8.83. The molecule has 2 aromatic heterocycles. The number of ether oxygens (including phenoxy) is 3. The van der Waals surface area contributed by atoms with Crippen molar-refractivity contribution in [1.29, 1.82) is 0 Å². The lowest BCUT2D eigenvalue weighted by atomic mass is 9.87. The van der Waals surface area contributed by atoms with E-state index in [-0.39, 0.29) is 52.6 Å². The van der Waals surface area contributed by atoms with E-state index in [0.29, 0.717) is 16.1 Å². The van der Waals surface area contributed by atoms with Crippen LogP contribution in [0.1, 0.15) is 34.5 Å². The average molecular weight is 557 g/mol. The third kappa shape index (κ3) is 4.45. The highest BCUT2D eigenvalue weighted by Crippen LogP contribution is 2.53. The lowest BCUT2D eigenvalue weighted by molar-refractivity contribution is -0.137. The van der Waals surface area contributed by atoms with Crippen LogP contribution in [0.15, 0.2) is 24.5 Å². The summed E-state index contributed by atoms with van der Waals surface area (Å²) in [6.45, 7) is 0. The third-order valence-electron chi connectivity index (χ3n) is 6.16. The summed E-state index contributed by atoms with van der Waals surface area (Å²) in [5.74, 6) is -1.20. The molecule has 196 valence electrons. The second-order valence-corrected chi connectivity index (χ2v) is 11.7. The second-order valence-electron chi connectivity index (χ2n) is 8.37. The molecule has 1 aromatic carbocycles. The van der Waals surface area contributed by atoms with Crippen molar-refractivity contribution in [2.75, 3.05) is 31.0 Å². The zero-order valence-electron chi connectivity index (χ0n) is 19.4. The topological polar surface area (TPSA) is 130 Å². The van der Waals surface area contributed by atoms with E-state index in [1.54, 1.807) is 0 Å². The number of carbonyl (C=O) groups is 1. The van der Waals surface area contributed by atoms with E-state index < -0.39 is 33.1 Å². The molecule has 2 aliphatic rings. The molecule has 4 heterocycles. The van der Waals surface area contributed by atoms with Crippen molar-refractivity contribution in [1.82, 2.24) is 15.0 Å². The number of benzene rings is 1. The van der Waals surface area contributed by atoms with Gasteiger partial charge in [-0.3, -0.25) is 10.1 Å². The van der Waals surface area contributed by atoms with Crippen molar-refractivity contribution in [3.05, 3.63) is 41.3 Å². The number of anilines is 1. The van der Waals surface area contributed by atoms with Crippen LogP contribution in [0.4, 0.5) is 18.3 Å². The van der Waals surface area contributed by atoms with Crippen LogP contribution in [-0.4, -0.2) is 55.0 Å². The van der Waals surface area contributed by atoms with Gasteiger partial charge in [0.05, 0.1) is 36.2 Å². The number of amides is 1. The van der Waals surface area contributed by atoms with Crippen molar-refractivity contribution in [3.63, 3.8) is 0 Å². The number of nitrogens with one attached hydrogen (secondary N) is 1. The first-order valence-electron chi connectivity index (χ1n) is 10.8. The summed E-state index contributed by atoms with van der Waals surface area (Å²) >= 11 is 1.03. The van der Waals surface area contributed by atoms with Crippen LogP contribution in [0.25, 0.3) is 10.4 Å². The largest absolute Gasteiger partial charge is 0.480 e. The van der Waals surface area contributed by atoms with E-state index >= 15 is 0 Å². The molecule has 1 amide bonds. The van der Waals surface area contributed by atoms with Crippen molar-refractivity contribution in [2.24, 2.45) is 0 Å². The fourth-order valence-corrected chi connectivity index (χ4v) is 6.89. The molecule has 1 N–H and O–H groups in total. The molecule has 1 spiro atoms. The van der Waals surface area contributed by atoms with E-state index in [1.165, 1.54) is 26.6 Å².